The predicted octanol–water partition coefficient (Wildman–Crippen LogP) is 17.1. The van der Waals surface area contributed by atoms with Gasteiger partial charge in [-0.15, -0.1) is 0 Å². The Bertz CT molecular complexity index is 1450. The highest BCUT2D eigenvalue weighted by atomic mass is 16.6. The van der Waals surface area contributed by atoms with Crippen LogP contribution in [0.2, 0.25) is 0 Å². The van der Waals surface area contributed by atoms with Crippen molar-refractivity contribution in [2.24, 2.45) is 0 Å². The number of ether oxygens (including phenoxy) is 3. The van der Waals surface area contributed by atoms with Crippen molar-refractivity contribution >= 4 is 17.9 Å². The van der Waals surface area contributed by atoms with Gasteiger partial charge in [0.1, 0.15) is 13.2 Å². The summed E-state index contributed by atoms with van der Waals surface area (Å²) in [6.45, 7) is 6.26. The lowest BCUT2D eigenvalue weighted by molar-refractivity contribution is -0.167. The fourth-order valence-electron chi connectivity index (χ4n) is 6.41. The van der Waals surface area contributed by atoms with E-state index in [1.807, 2.05) is 36.5 Å². The SMILES string of the molecule is CC/C=C/C=C/C=C/C=C/CCCCCC(=O)OCC(COC(=O)CCCCC/C=C/C/C=C/C/C=C/C/C=C/C/C=C/CC)OC(=O)CCCCCCCC/C=C/C=C/CCCCC. The van der Waals surface area contributed by atoms with Crippen LogP contribution < -0.4 is 0 Å². The molecule has 0 aromatic rings. The molecule has 1 atom stereocenters. The molecule has 0 saturated carbocycles. The first-order chi connectivity index (χ1) is 32.0. The van der Waals surface area contributed by atoms with Gasteiger partial charge in [-0.3, -0.25) is 14.4 Å². The molecular formula is C59H92O6. The molecule has 0 amide bonds. The van der Waals surface area contributed by atoms with Gasteiger partial charge in [0, 0.05) is 19.3 Å². The first-order valence-corrected chi connectivity index (χ1v) is 25.8. The van der Waals surface area contributed by atoms with E-state index in [1.165, 1.54) is 32.1 Å². The molecule has 0 N–H and O–H groups in total. The molecule has 1 unspecified atom stereocenters. The fraction of sp³-hybridized carbons (Fsp3) is 0.576. The van der Waals surface area contributed by atoms with Gasteiger partial charge in [0.2, 0.25) is 0 Å². The van der Waals surface area contributed by atoms with Crippen LogP contribution in [0.15, 0.2) is 134 Å². The number of hydrogen-bond donors (Lipinski definition) is 0. The molecule has 0 heterocycles. The smallest absolute Gasteiger partial charge is 0.306 e. The summed E-state index contributed by atoms with van der Waals surface area (Å²) in [6, 6.07) is 0. The van der Waals surface area contributed by atoms with Crippen molar-refractivity contribution in [2.75, 3.05) is 13.2 Å². The second-order valence-electron chi connectivity index (χ2n) is 16.4. The normalized spacial score (nSPS) is 13.2. The highest BCUT2D eigenvalue weighted by Crippen LogP contribution is 2.12. The Morgan fingerprint density at radius 2 is 0.677 bits per heavy atom. The van der Waals surface area contributed by atoms with Crippen molar-refractivity contribution in [3.8, 4) is 0 Å². The van der Waals surface area contributed by atoms with E-state index in [4.69, 9.17) is 14.2 Å². The minimum absolute atomic E-state index is 0.118. The molecule has 65 heavy (non-hydrogen) atoms. The van der Waals surface area contributed by atoms with Crippen LogP contribution in [0, 0.1) is 0 Å². The summed E-state index contributed by atoms with van der Waals surface area (Å²) in [4.78, 5) is 38.0. The number of allylic oxidation sites excluding steroid dienone is 22. The van der Waals surface area contributed by atoms with Crippen LogP contribution in [-0.4, -0.2) is 37.2 Å². The Kier molecular flexibility index (Phi) is 48.6. The Balaban J connectivity index is 4.54. The first kappa shape index (κ1) is 60.5. The summed E-state index contributed by atoms with van der Waals surface area (Å²) < 4.78 is 16.7. The Labute approximate surface area is 398 Å². The van der Waals surface area contributed by atoms with Crippen LogP contribution in [0.4, 0.5) is 0 Å². The van der Waals surface area contributed by atoms with Crippen molar-refractivity contribution in [3.05, 3.63) is 134 Å². The third kappa shape index (κ3) is 50.4. The average Bonchev–Trinajstić information content (AvgIpc) is 3.30. The maximum Gasteiger partial charge on any atom is 0.306 e. The number of unbranched alkanes of at least 4 members (excludes halogenated alkanes) is 15. The van der Waals surface area contributed by atoms with Crippen molar-refractivity contribution in [1.29, 1.82) is 0 Å². The molecule has 6 heteroatoms. The highest BCUT2D eigenvalue weighted by molar-refractivity contribution is 5.71. The van der Waals surface area contributed by atoms with Gasteiger partial charge in [0.05, 0.1) is 0 Å². The van der Waals surface area contributed by atoms with E-state index < -0.39 is 6.10 Å². The van der Waals surface area contributed by atoms with Gasteiger partial charge in [-0.2, -0.15) is 0 Å². The largest absolute Gasteiger partial charge is 0.462 e. The maximum absolute atomic E-state index is 12.8. The predicted molar refractivity (Wildman–Crippen MR) is 279 cm³/mol. The number of carbonyl (C=O) groups excluding carboxylic acids is 3. The van der Waals surface area contributed by atoms with Crippen molar-refractivity contribution < 1.29 is 28.6 Å². The van der Waals surface area contributed by atoms with E-state index in [-0.39, 0.29) is 31.1 Å². The highest BCUT2D eigenvalue weighted by Gasteiger charge is 2.19. The van der Waals surface area contributed by atoms with Crippen LogP contribution >= 0.6 is 0 Å². The van der Waals surface area contributed by atoms with E-state index in [0.717, 1.165) is 128 Å². The molecule has 364 valence electrons. The van der Waals surface area contributed by atoms with E-state index in [0.29, 0.717) is 19.3 Å². The lowest BCUT2D eigenvalue weighted by Gasteiger charge is -2.18. The lowest BCUT2D eigenvalue weighted by atomic mass is 10.1. The standard InChI is InChI=1S/C59H92O6/c1-4-7-10-13-16-19-22-25-27-28-29-30-32-34-37-40-43-46-49-52-58(61)64-55-56(54-63-57(60)51-48-45-42-39-36-33-24-21-18-15-12-9-6-3)65-59(62)53-50-47-44-41-38-35-31-26-23-20-17-14-11-8-5-2/h7,9-10,12,15-21,23-27,29-30,33-34,36-37,56H,4-6,8,11,13-14,22,28,31-32,35,38-55H2,1-3H3/b10-7+,12-9+,18-15+,19-16+,20-17+,24-21+,26-23+,27-25+,30-29+,36-33+,37-34+. The minimum atomic E-state index is -0.819. The summed E-state index contributed by atoms with van der Waals surface area (Å²) in [7, 11) is 0. The molecule has 6 nitrogen and oxygen atoms in total. The molecule has 0 aromatic heterocycles. The van der Waals surface area contributed by atoms with Crippen LogP contribution in [-0.2, 0) is 28.6 Å². The zero-order valence-corrected chi connectivity index (χ0v) is 41.4. The van der Waals surface area contributed by atoms with Crippen LogP contribution in [0.1, 0.15) is 201 Å². The summed E-state index contributed by atoms with van der Waals surface area (Å²) in [6.07, 6.45) is 72.9. The third-order valence-electron chi connectivity index (χ3n) is 10.2. The lowest BCUT2D eigenvalue weighted by Crippen LogP contribution is -2.30. The first-order valence-electron chi connectivity index (χ1n) is 25.8. The number of hydrogen-bond acceptors (Lipinski definition) is 6. The fourth-order valence-corrected chi connectivity index (χ4v) is 6.41. The monoisotopic (exact) mass is 897 g/mol. The zero-order valence-electron chi connectivity index (χ0n) is 41.4. The van der Waals surface area contributed by atoms with Crippen molar-refractivity contribution in [2.45, 2.75) is 207 Å². The molecule has 0 saturated heterocycles. The number of esters is 3. The summed E-state index contributed by atoms with van der Waals surface area (Å²) >= 11 is 0. The number of rotatable bonds is 44. The van der Waals surface area contributed by atoms with Crippen molar-refractivity contribution in [1.82, 2.24) is 0 Å². The zero-order chi connectivity index (χ0) is 47.2. The molecule has 0 rings (SSSR count). The summed E-state index contributed by atoms with van der Waals surface area (Å²) in [5.41, 5.74) is 0. The van der Waals surface area contributed by atoms with Gasteiger partial charge in [0.25, 0.3) is 0 Å². The van der Waals surface area contributed by atoms with E-state index in [9.17, 15) is 14.4 Å². The average molecular weight is 897 g/mol. The van der Waals surface area contributed by atoms with Gasteiger partial charge in [-0.1, -0.05) is 206 Å². The van der Waals surface area contributed by atoms with E-state index in [1.54, 1.807) is 0 Å². The Morgan fingerprint density at radius 1 is 0.338 bits per heavy atom. The second-order valence-corrected chi connectivity index (χ2v) is 16.4. The van der Waals surface area contributed by atoms with Crippen molar-refractivity contribution in [3.63, 3.8) is 0 Å². The summed E-state index contributed by atoms with van der Waals surface area (Å²) in [5.74, 6) is -1.01. The second kappa shape index (κ2) is 52.2. The molecular weight excluding hydrogens is 805 g/mol. The van der Waals surface area contributed by atoms with Crippen LogP contribution in [0.5, 0.6) is 0 Å². The maximum atomic E-state index is 12.8. The van der Waals surface area contributed by atoms with Gasteiger partial charge in [-0.05, 0) is 109 Å². The molecule has 0 aliphatic rings. The third-order valence-corrected chi connectivity index (χ3v) is 10.2. The molecule has 0 bridgehead atoms. The minimum Gasteiger partial charge on any atom is -0.462 e. The van der Waals surface area contributed by atoms with Gasteiger partial charge in [-0.25, -0.2) is 0 Å². The van der Waals surface area contributed by atoms with Gasteiger partial charge in [0.15, 0.2) is 6.10 Å². The number of carbonyl (C=O) groups is 3. The molecule has 0 radical (unpaired) electrons. The topological polar surface area (TPSA) is 78.9 Å². The molecule has 0 spiro atoms. The van der Waals surface area contributed by atoms with Gasteiger partial charge >= 0.3 is 17.9 Å². The van der Waals surface area contributed by atoms with Gasteiger partial charge < -0.3 is 14.2 Å². The van der Waals surface area contributed by atoms with E-state index >= 15 is 0 Å². The quantitative estimate of drug-likeness (QED) is 0.0199. The molecule has 0 aliphatic heterocycles. The molecule has 0 fully saturated rings. The Hall–Kier alpha value is -4.45. The van der Waals surface area contributed by atoms with Crippen LogP contribution in [0.25, 0.3) is 0 Å². The Morgan fingerprint density at radius 3 is 1.15 bits per heavy atom. The van der Waals surface area contributed by atoms with Crippen LogP contribution in [0.3, 0.4) is 0 Å². The van der Waals surface area contributed by atoms with E-state index in [2.05, 4.69) is 118 Å². The summed E-state index contributed by atoms with van der Waals surface area (Å²) in [5, 5.41) is 0. The molecule has 0 aliphatic carbocycles. The molecule has 0 aromatic carbocycles.